The van der Waals surface area contributed by atoms with E-state index in [-0.39, 0.29) is 10.0 Å². The highest BCUT2D eigenvalue weighted by Crippen LogP contribution is 2.17. The van der Waals surface area contributed by atoms with Gasteiger partial charge in [-0.2, -0.15) is 5.10 Å². The van der Waals surface area contributed by atoms with E-state index < -0.39 is 5.56 Å². The summed E-state index contributed by atoms with van der Waals surface area (Å²) in [6, 6.07) is 7.34. The number of hydrogen-bond donors (Lipinski definition) is 0. The molecule has 0 N–H and O–H groups in total. The molecule has 0 saturated carbocycles. The first kappa shape index (κ1) is 17.6. The Labute approximate surface area is 144 Å². The second kappa shape index (κ2) is 8.19. The van der Waals surface area contributed by atoms with E-state index in [1.165, 1.54) is 10.9 Å². The second-order valence-electron chi connectivity index (χ2n) is 4.86. The van der Waals surface area contributed by atoms with Crippen LogP contribution in [0.1, 0.15) is 0 Å². The van der Waals surface area contributed by atoms with Gasteiger partial charge in [-0.15, -0.1) is 0 Å². The lowest BCUT2D eigenvalue weighted by Crippen LogP contribution is -2.34. The molecular formula is C15H17Cl2N3O3. The van der Waals surface area contributed by atoms with Gasteiger partial charge in [0.25, 0.3) is 5.56 Å². The molecule has 0 saturated heterocycles. The third-order valence-corrected chi connectivity index (χ3v) is 3.87. The van der Waals surface area contributed by atoms with Gasteiger partial charge in [0.1, 0.15) is 23.1 Å². The molecule has 0 atom stereocenters. The first-order valence-electron chi connectivity index (χ1n) is 6.88. The molecule has 0 spiro atoms. The van der Waals surface area contributed by atoms with Crippen LogP contribution in [-0.4, -0.2) is 42.0 Å². The number of rotatable bonds is 7. The molecule has 6 nitrogen and oxygen atoms in total. The van der Waals surface area contributed by atoms with Gasteiger partial charge in [0.05, 0.1) is 25.0 Å². The van der Waals surface area contributed by atoms with Crippen LogP contribution >= 0.6 is 23.2 Å². The van der Waals surface area contributed by atoms with Gasteiger partial charge in [-0.1, -0.05) is 23.2 Å². The summed E-state index contributed by atoms with van der Waals surface area (Å²) in [5.41, 5.74) is -0.415. The minimum Gasteiger partial charge on any atom is -0.497 e. The molecule has 0 radical (unpaired) electrons. The van der Waals surface area contributed by atoms with E-state index >= 15 is 0 Å². The van der Waals surface area contributed by atoms with Crippen molar-refractivity contribution in [3.8, 4) is 11.5 Å². The van der Waals surface area contributed by atoms with Crippen LogP contribution in [0.25, 0.3) is 0 Å². The van der Waals surface area contributed by atoms with Crippen molar-refractivity contribution in [2.75, 3.05) is 27.3 Å². The summed E-state index contributed by atoms with van der Waals surface area (Å²) in [7, 11) is 3.47. The Bertz CT molecular complexity index is 704. The molecule has 2 rings (SSSR count). The summed E-state index contributed by atoms with van der Waals surface area (Å²) >= 11 is 11.6. The van der Waals surface area contributed by atoms with Crippen molar-refractivity contribution < 1.29 is 9.47 Å². The van der Waals surface area contributed by atoms with Crippen molar-refractivity contribution >= 4 is 23.2 Å². The van der Waals surface area contributed by atoms with Gasteiger partial charge < -0.3 is 9.47 Å². The monoisotopic (exact) mass is 357 g/mol. The zero-order valence-corrected chi connectivity index (χ0v) is 14.3. The third-order valence-electron chi connectivity index (χ3n) is 3.12. The molecule has 0 bridgehead atoms. The fraction of sp³-hybridized carbons (Fsp3) is 0.333. The van der Waals surface area contributed by atoms with E-state index in [0.717, 1.165) is 11.5 Å². The van der Waals surface area contributed by atoms with E-state index in [4.69, 9.17) is 32.7 Å². The maximum atomic E-state index is 11.9. The zero-order valence-electron chi connectivity index (χ0n) is 12.8. The molecule has 0 amide bonds. The minimum absolute atomic E-state index is 0.0236. The van der Waals surface area contributed by atoms with E-state index in [1.54, 1.807) is 7.11 Å². The van der Waals surface area contributed by atoms with Gasteiger partial charge in [0, 0.05) is 6.54 Å². The summed E-state index contributed by atoms with van der Waals surface area (Å²) in [5, 5.41) is 4.08. The molecular weight excluding hydrogens is 341 g/mol. The van der Waals surface area contributed by atoms with E-state index in [9.17, 15) is 4.79 Å². The number of aromatic nitrogens is 2. The van der Waals surface area contributed by atoms with Crippen LogP contribution in [0.15, 0.2) is 35.3 Å². The maximum absolute atomic E-state index is 11.9. The van der Waals surface area contributed by atoms with Crippen molar-refractivity contribution in [3.05, 3.63) is 50.9 Å². The van der Waals surface area contributed by atoms with Crippen LogP contribution in [0.2, 0.25) is 10.0 Å². The first-order valence-corrected chi connectivity index (χ1v) is 7.63. The van der Waals surface area contributed by atoms with Gasteiger partial charge in [-0.25, -0.2) is 4.68 Å². The Hall–Kier alpha value is -1.76. The molecule has 0 unspecified atom stereocenters. The van der Waals surface area contributed by atoms with Crippen molar-refractivity contribution in [1.82, 2.24) is 14.7 Å². The van der Waals surface area contributed by atoms with Crippen LogP contribution in [0, 0.1) is 0 Å². The topological polar surface area (TPSA) is 56.6 Å². The normalized spacial score (nSPS) is 10.8. The summed E-state index contributed by atoms with van der Waals surface area (Å²) in [6.45, 7) is 1.38. The van der Waals surface area contributed by atoms with Crippen LogP contribution in [0.5, 0.6) is 11.5 Å². The Morgan fingerprint density at radius 1 is 1.22 bits per heavy atom. The Balaban J connectivity index is 1.84. The number of halogens is 2. The number of ether oxygens (including phenoxy) is 2. The van der Waals surface area contributed by atoms with Gasteiger partial charge in [-0.3, -0.25) is 9.69 Å². The highest BCUT2D eigenvalue weighted by Gasteiger charge is 2.09. The molecule has 0 aliphatic heterocycles. The number of likely N-dealkylation sites (N-methyl/N-ethyl adjacent to an activating group) is 1. The Morgan fingerprint density at radius 3 is 2.52 bits per heavy atom. The lowest BCUT2D eigenvalue weighted by atomic mass is 10.3. The van der Waals surface area contributed by atoms with Crippen LogP contribution in [0.4, 0.5) is 0 Å². The second-order valence-corrected chi connectivity index (χ2v) is 5.64. The van der Waals surface area contributed by atoms with Crippen molar-refractivity contribution in [1.29, 1.82) is 0 Å². The first-order chi connectivity index (χ1) is 11.0. The summed E-state index contributed by atoms with van der Waals surface area (Å²) in [5.74, 6) is 1.53. The van der Waals surface area contributed by atoms with Gasteiger partial charge in [0.2, 0.25) is 0 Å². The van der Waals surface area contributed by atoms with E-state index in [2.05, 4.69) is 5.10 Å². The quantitative estimate of drug-likeness (QED) is 0.761. The fourth-order valence-electron chi connectivity index (χ4n) is 1.84. The third kappa shape index (κ3) is 4.86. The van der Waals surface area contributed by atoms with Crippen LogP contribution < -0.4 is 15.0 Å². The molecule has 124 valence electrons. The van der Waals surface area contributed by atoms with Crippen LogP contribution in [0.3, 0.4) is 0 Å². The van der Waals surface area contributed by atoms with Gasteiger partial charge >= 0.3 is 0 Å². The highest BCUT2D eigenvalue weighted by atomic mass is 35.5. The standard InChI is InChI=1S/C15H17Cl2N3O3/c1-19(10-20-15(21)14(17)13(16)9-18-20)7-8-23-12-5-3-11(22-2)4-6-12/h3-6,9H,7-8,10H2,1-2H3. The molecule has 1 aromatic heterocycles. The molecule has 1 aromatic carbocycles. The van der Waals surface area contributed by atoms with Gasteiger partial charge in [-0.05, 0) is 31.3 Å². The van der Waals surface area contributed by atoms with Crippen molar-refractivity contribution in [3.63, 3.8) is 0 Å². The lowest BCUT2D eigenvalue weighted by Gasteiger charge is -2.17. The minimum atomic E-state index is -0.415. The van der Waals surface area contributed by atoms with Gasteiger partial charge in [0.15, 0.2) is 0 Å². The average Bonchev–Trinajstić information content (AvgIpc) is 2.56. The lowest BCUT2D eigenvalue weighted by molar-refractivity contribution is 0.195. The predicted molar refractivity (Wildman–Crippen MR) is 89.6 cm³/mol. The van der Waals surface area contributed by atoms with E-state index in [0.29, 0.717) is 19.8 Å². The largest absolute Gasteiger partial charge is 0.497 e. The molecule has 2 aromatic rings. The average molecular weight is 358 g/mol. The molecule has 0 fully saturated rings. The molecule has 0 aliphatic rings. The molecule has 1 heterocycles. The van der Waals surface area contributed by atoms with Crippen molar-refractivity contribution in [2.45, 2.75) is 6.67 Å². The van der Waals surface area contributed by atoms with Crippen LogP contribution in [-0.2, 0) is 6.67 Å². The summed E-state index contributed by atoms with van der Waals surface area (Å²) in [4.78, 5) is 13.8. The molecule has 0 aliphatic carbocycles. The predicted octanol–water partition coefficient (Wildman–Crippen LogP) is 2.53. The van der Waals surface area contributed by atoms with E-state index in [1.807, 2.05) is 36.2 Å². The Morgan fingerprint density at radius 2 is 1.87 bits per heavy atom. The number of methoxy groups -OCH3 is 1. The summed E-state index contributed by atoms with van der Waals surface area (Å²) < 4.78 is 12.0. The highest BCUT2D eigenvalue weighted by molar-refractivity contribution is 6.41. The summed E-state index contributed by atoms with van der Waals surface area (Å²) in [6.07, 6.45) is 1.35. The maximum Gasteiger partial charge on any atom is 0.288 e. The van der Waals surface area contributed by atoms with Crippen molar-refractivity contribution in [2.24, 2.45) is 0 Å². The fourth-order valence-corrected chi connectivity index (χ4v) is 2.11. The molecule has 23 heavy (non-hydrogen) atoms. The number of nitrogens with zero attached hydrogens (tertiary/aromatic N) is 3. The number of benzene rings is 1. The Kier molecular flexibility index (Phi) is 6.27. The number of hydrogen-bond acceptors (Lipinski definition) is 5. The SMILES string of the molecule is COc1ccc(OCCN(C)Cn2ncc(Cl)c(Cl)c2=O)cc1. The molecule has 8 heteroatoms. The smallest absolute Gasteiger partial charge is 0.288 e. The zero-order chi connectivity index (χ0) is 16.8.